The first-order chi connectivity index (χ1) is 24.5. The summed E-state index contributed by atoms with van der Waals surface area (Å²) in [6.07, 6.45) is 4.71. The topological polar surface area (TPSA) is 117 Å². The van der Waals surface area contributed by atoms with E-state index in [9.17, 15) is 14.4 Å². The Kier molecular flexibility index (Phi) is 16.1. The number of Topliss-reactive ketones (excluding diaryl/α,β-unsaturated/α-hetero) is 1. The van der Waals surface area contributed by atoms with E-state index in [1.54, 1.807) is 35.0 Å². The molecule has 0 saturated carbocycles. The zero-order valence-electron chi connectivity index (χ0n) is 30.4. The molecule has 0 aliphatic heterocycles. The van der Waals surface area contributed by atoms with Crippen molar-refractivity contribution in [2.75, 3.05) is 27.7 Å². The number of alkyl carbamates (subject to hydrolysis) is 1. The quantitative estimate of drug-likeness (QED) is 0.0979. The standard InChI is InChI=1S/C39H52N6O4S2/c1-28(2)37-41-33(26-50-37)24-45(5)38(47)43-35(18-19-44(3)4)36(46)22-31(20-29-12-8-6-9-13-29)16-17-32(21-30-14-10-7-11-15-30)42-39(48)49-25-34-23-40-27-51-34/h6-15,23,26-28,31-32,35H,16-22,24-25H2,1-5H3,(H,42,48)(H,43,47)/t31-,32-,35+/m1/s1. The Morgan fingerprint density at radius 3 is 2.16 bits per heavy atom. The summed E-state index contributed by atoms with van der Waals surface area (Å²) in [5.74, 6) is 0.327. The van der Waals surface area contributed by atoms with E-state index in [4.69, 9.17) is 4.74 Å². The number of nitrogens with one attached hydrogen (secondary N) is 2. The molecule has 12 heteroatoms. The second-order valence-electron chi connectivity index (χ2n) is 13.7. The van der Waals surface area contributed by atoms with E-state index in [1.165, 1.54) is 11.3 Å². The van der Waals surface area contributed by atoms with Gasteiger partial charge in [0.05, 0.1) is 33.7 Å². The van der Waals surface area contributed by atoms with Crippen molar-refractivity contribution in [3.63, 3.8) is 0 Å². The van der Waals surface area contributed by atoms with Crippen LogP contribution in [0.25, 0.3) is 0 Å². The Balaban J connectivity index is 1.45. The maximum Gasteiger partial charge on any atom is 0.407 e. The number of ether oxygens (including phenoxy) is 1. The number of hydrogen-bond donors (Lipinski definition) is 2. The number of urea groups is 1. The van der Waals surface area contributed by atoms with Crippen LogP contribution in [0.15, 0.2) is 77.8 Å². The van der Waals surface area contributed by atoms with Crippen molar-refractivity contribution in [1.82, 2.24) is 30.4 Å². The second kappa shape index (κ2) is 20.7. The van der Waals surface area contributed by atoms with Gasteiger partial charge in [-0.1, -0.05) is 74.5 Å². The number of rotatable bonds is 20. The number of carbonyl (C=O) groups excluding carboxylic acids is 3. The van der Waals surface area contributed by atoms with Gasteiger partial charge in [-0.25, -0.2) is 14.6 Å². The van der Waals surface area contributed by atoms with Gasteiger partial charge in [0.25, 0.3) is 0 Å². The van der Waals surface area contributed by atoms with Crippen molar-refractivity contribution in [1.29, 1.82) is 0 Å². The van der Waals surface area contributed by atoms with Crippen LogP contribution in [0.2, 0.25) is 0 Å². The zero-order chi connectivity index (χ0) is 36.6. The van der Waals surface area contributed by atoms with Crippen molar-refractivity contribution in [3.05, 3.63) is 104 Å². The summed E-state index contributed by atoms with van der Waals surface area (Å²) in [4.78, 5) is 53.6. The van der Waals surface area contributed by atoms with E-state index in [2.05, 4.69) is 58.7 Å². The maximum absolute atomic E-state index is 14.1. The number of thiazole rings is 2. The van der Waals surface area contributed by atoms with E-state index in [0.29, 0.717) is 57.5 Å². The van der Waals surface area contributed by atoms with Gasteiger partial charge in [-0.15, -0.1) is 22.7 Å². The molecule has 51 heavy (non-hydrogen) atoms. The average Bonchev–Trinajstić information content (AvgIpc) is 3.81. The monoisotopic (exact) mass is 732 g/mol. The highest BCUT2D eigenvalue weighted by molar-refractivity contribution is 7.09. The summed E-state index contributed by atoms with van der Waals surface area (Å²) in [6.45, 7) is 5.38. The first kappa shape index (κ1) is 39.7. The lowest BCUT2D eigenvalue weighted by molar-refractivity contribution is -0.122. The van der Waals surface area contributed by atoms with Crippen molar-refractivity contribution in [2.24, 2.45) is 5.92 Å². The van der Waals surface area contributed by atoms with Gasteiger partial charge in [0.2, 0.25) is 0 Å². The second-order valence-corrected chi connectivity index (χ2v) is 15.5. The number of ketones is 1. The summed E-state index contributed by atoms with van der Waals surface area (Å²) in [5.41, 5.74) is 4.80. The number of benzene rings is 2. The molecule has 2 aromatic heterocycles. The molecule has 10 nitrogen and oxygen atoms in total. The highest BCUT2D eigenvalue weighted by Crippen LogP contribution is 2.23. The normalized spacial score (nSPS) is 13.1. The van der Waals surface area contributed by atoms with Crippen LogP contribution in [0.4, 0.5) is 9.59 Å². The molecule has 2 aromatic carbocycles. The van der Waals surface area contributed by atoms with Crippen LogP contribution in [0.3, 0.4) is 0 Å². The van der Waals surface area contributed by atoms with Gasteiger partial charge >= 0.3 is 12.1 Å². The molecule has 274 valence electrons. The van der Waals surface area contributed by atoms with Crippen LogP contribution >= 0.6 is 22.7 Å². The number of nitrogens with zero attached hydrogens (tertiary/aromatic N) is 4. The van der Waals surface area contributed by atoms with E-state index in [-0.39, 0.29) is 30.4 Å². The lowest BCUT2D eigenvalue weighted by atomic mass is 9.86. The van der Waals surface area contributed by atoms with E-state index < -0.39 is 12.1 Å². The SMILES string of the molecule is CC(C)c1nc(CN(C)C(=O)N[C@@H](CCN(C)C)C(=O)C[C@H](CC[C@H](Cc2ccccc2)NC(=O)OCc2cncs2)Cc2ccccc2)cs1. The Morgan fingerprint density at radius 2 is 1.55 bits per heavy atom. The summed E-state index contributed by atoms with van der Waals surface area (Å²) in [7, 11) is 5.66. The Bertz CT molecular complexity index is 1610. The van der Waals surface area contributed by atoms with Gasteiger partial charge in [0.1, 0.15) is 6.61 Å². The highest BCUT2D eigenvalue weighted by Gasteiger charge is 2.27. The Morgan fingerprint density at radius 1 is 0.863 bits per heavy atom. The molecule has 4 aromatic rings. The van der Waals surface area contributed by atoms with Crippen LogP contribution in [0, 0.1) is 5.92 Å². The molecule has 3 amide bonds. The minimum Gasteiger partial charge on any atom is -0.444 e. The number of aromatic nitrogens is 2. The molecule has 0 saturated heterocycles. The number of carbonyl (C=O) groups is 3. The van der Waals surface area contributed by atoms with Crippen LogP contribution in [-0.4, -0.2) is 77.4 Å². The zero-order valence-corrected chi connectivity index (χ0v) is 32.1. The fourth-order valence-electron chi connectivity index (χ4n) is 5.81. The predicted octanol–water partition coefficient (Wildman–Crippen LogP) is 7.32. The third kappa shape index (κ3) is 14.2. The third-order valence-electron chi connectivity index (χ3n) is 8.62. The van der Waals surface area contributed by atoms with Crippen LogP contribution in [-0.2, 0) is 35.5 Å². The lowest BCUT2D eigenvalue weighted by Gasteiger charge is -2.26. The first-order valence-corrected chi connectivity index (χ1v) is 19.3. The van der Waals surface area contributed by atoms with Gasteiger partial charge in [-0.05, 0) is 69.8 Å². The average molecular weight is 733 g/mol. The number of amides is 3. The van der Waals surface area contributed by atoms with Crippen molar-refractivity contribution >= 4 is 40.6 Å². The molecule has 0 fully saturated rings. The fraction of sp³-hybridized carbons (Fsp3) is 0.462. The molecule has 2 heterocycles. The van der Waals surface area contributed by atoms with Gasteiger partial charge < -0.3 is 25.2 Å². The summed E-state index contributed by atoms with van der Waals surface area (Å²) in [6, 6.07) is 19.1. The molecule has 2 N–H and O–H groups in total. The van der Waals surface area contributed by atoms with E-state index in [1.807, 2.05) is 60.8 Å². The first-order valence-electron chi connectivity index (χ1n) is 17.6. The third-order valence-corrected chi connectivity index (χ3v) is 10.6. The molecule has 0 unspecified atom stereocenters. The predicted molar refractivity (Wildman–Crippen MR) is 205 cm³/mol. The lowest BCUT2D eigenvalue weighted by Crippen LogP contribution is -2.48. The van der Waals surface area contributed by atoms with E-state index >= 15 is 0 Å². The molecule has 3 atom stereocenters. The molecule has 0 aliphatic carbocycles. The van der Waals surface area contributed by atoms with Crippen LogP contribution in [0.5, 0.6) is 0 Å². The van der Waals surface area contributed by atoms with Crippen molar-refractivity contribution in [2.45, 2.75) is 83.5 Å². The molecule has 4 rings (SSSR count). The largest absolute Gasteiger partial charge is 0.444 e. The van der Waals surface area contributed by atoms with Crippen molar-refractivity contribution in [3.8, 4) is 0 Å². The Hall–Kier alpha value is -4.13. The molecule has 0 radical (unpaired) electrons. The van der Waals surface area contributed by atoms with Gasteiger partial charge in [0.15, 0.2) is 5.78 Å². The van der Waals surface area contributed by atoms with Gasteiger partial charge in [0, 0.05) is 37.0 Å². The smallest absolute Gasteiger partial charge is 0.407 e. The Labute approximate surface area is 310 Å². The molecular formula is C39H52N6O4S2. The maximum atomic E-state index is 14.1. The molecule has 0 spiro atoms. The minimum absolute atomic E-state index is 0.00543. The molecular weight excluding hydrogens is 681 g/mol. The van der Waals surface area contributed by atoms with Crippen LogP contribution in [0.1, 0.15) is 72.2 Å². The summed E-state index contributed by atoms with van der Waals surface area (Å²) >= 11 is 3.04. The molecule has 0 bridgehead atoms. The van der Waals surface area contributed by atoms with E-state index in [0.717, 1.165) is 26.7 Å². The van der Waals surface area contributed by atoms with Crippen LogP contribution < -0.4 is 10.6 Å². The van der Waals surface area contributed by atoms with Gasteiger partial charge in [-0.3, -0.25) is 9.78 Å². The number of hydrogen-bond acceptors (Lipinski definition) is 9. The van der Waals surface area contributed by atoms with Crippen molar-refractivity contribution < 1.29 is 19.1 Å². The highest BCUT2D eigenvalue weighted by atomic mass is 32.1. The molecule has 0 aliphatic rings. The fourth-order valence-corrected chi connectivity index (χ4v) is 7.14. The van der Waals surface area contributed by atoms with Gasteiger partial charge in [-0.2, -0.15) is 0 Å². The summed E-state index contributed by atoms with van der Waals surface area (Å²) in [5, 5.41) is 9.16. The minimum atomic E-state index is -0.637. The summed E-state index contributed by atoms with van der Waals surface area (Å²) < 4.78 is 5.52.